The van der Waals surface area contributed by atoms with Crippen LogP contribution in [0.2, 0.25) is 5.02 Å². The van der Waals surface area contributed by atoms with E-state index in [2.05, 4.69) is 43.6 Å². The standard InChI is InChI=1S/C25H37ClN2O2/c1-17(2)12-23(29)13-21-10-7-11-22(24(21)26)16-27-14-18(3)28(19(4)15-27)25(30)20-8-5-6-9-20/h7,10-11,17-20H,5-6,8-9,12-16H2,1-4H3/t18-,19+. The van der Waals surface area contributed by atoms with Crippen LogP contribution < -0.4 is 0 Å². The van der Waals surface area contributed by atoms with Crippen LogP contribution in [-0.4, -0.2) is 46.7 Å². The lowest BCUT2D eigenvalue weighted by molar-refractivity contribution is -0.143. The minimum atomic E-state index is 0.205. The number of piperazine rings is 1. The van der Waals surface area contributed by atoms with Gasteiger partial charge in [0.2, 0.25) is 5.91 Å². The number of ketones is 1. The Labute approximate surface area is 186 Å². The van der Waals surface area contributed by atoms with Crippen molar-refractivity contribution in [3.63, 3.8) is 0 Å². The fraction of sp³-hybridized carbons (Fsp3) is 0.680. The molecule has 1 aliphatic carbocycles. The Morgan fingerprint density at radius 1 is 1.07 bits per heavy atom. The Morgan fingerprint density at radius 2 is 1.67 bits per heavy atom. The zero-order valence-electron chi connectivity index (χ0n) is 19.0. The van der Waals surface area contributed by atoms with E-state index in [1.807, 2.05) is 12.1 Å². The van der Waals surface area contributed by atoms with E-state index in [1.165, 1.54) is 12.8 Å². The number of hydrogen-bond acceptors (Lipinski definition) is 3. The van der Waals surface area contributed by atoms with Crippen molar-refractivity contribution in [1.82, 2.24) is 9.80 Å². The number of halogens is 1. The first-order valence-corrected chi connectivity index (χ1v) is 12.0. The van der Waals surface area contributed by atoms with Crippen molar-refractivity contribution >= 4 is 23.3 Å². The van der Waals surface area contributed by atoms with E-state index in [0.717, 1.165) is 48.6 Å². The Hall–Kier alpha value is -1.39. The molecule has 1 aromatic carbocycles. The zero-order chi connectivity index (χ0) is 21.8. The molecule has 0 bridgehead atoms. The molecule has 1 heterocycles. The summed E-state index contributed by atoms with van der Waals surface area (Å²) in [7, 11) is 0. The maximum absolute atomic E-state index is 13.0. The highest BCUT2D eigenvalue weighted by Crippen LogP contribution is 2.30. The van der Waals surface area contributed by atoms with Gasteiger partial charge < -0.3 is 4.90 Å². The number of Topliss-reactive ketones (excluding diaryl/α,β-unsaturated/α-hetero) is 1. The molecule has 0 N–H and O–H groups in total. The van der Waals surface area contributed by atoms with Crippen molar-refractivity contribution in [2.24, 2.45) is 11.8 Å². The summed E-state index contributed by atoms with van der Waals surface area (Å²) in [5.74, 6) is 1.20. The molecular formula is C25H37ClN2O2. The molecule has 0 radical (unpaired) electrons. The summed E-state index contributed by atoms with van der Waals surface area (Å²) in [6.07, 6.45) is 5.47. The topological polar surface area (TPSA) is 40.6 Å². The van der Waals surface area contributed by atoms with Crippen LogP contribution in [0.25, 0.3) is 0 Å². The van der Waals surface area contributed by atoms with Crippen molar-refractivity contribution in [1.29, 1.82) is 0 Å². The first kappa shape index (κ1) is 23.3. The Kier molecular flexibility index (Phi) is 7.98. The van der Waals surface area contributed by atoms with E-state index >= 15 is 0 Å². The molecule has 5 heteroatoms. The molecule has 2 aliphatic rings. The molecule has 3 rings (SSSR count). The molecule has 1 amide bonds. The van der Waals surface area contributed by atoms with Crippen molar-refractivity contribution in [3.05, 3.63) is 34.3 Å². The van der Waals surface area contributed by atoms with Crippen molar-refractivity contribution in [2.45, 2.75) is 84.8 Å². The van der Waals surface area contributed by atoms with Crippen molar-refractivity contribution < 1.29 is 9.59 Å². The average Bonchev–Trinajstić information content (AvgIpc) is 3.18. The molecule has 1 saturated heterocycles. The highest BCUT2D eigenvalue weighted by atomic mass is 35.5. The summed E-state index contributed by atoms with van der Waals surface area (Å²) in [4.78, 5) is 29.8. The third-order valence-electron chi connectivity index (χ3n) is 6.53. The van der Waals surface area contributed by atoms with Gasteiger partial charge in [0.25, 0.3) is 0 Å². The molecule has 1 saturated carbocycles. The lowest BCUT2D eigenvalue weighted by atomic mass is 9.98. The van der Waals surface area contributed by atoms with Crippen LogP contribution in [0.5, 0.6) is 0 Å². The van der Waals surface area contributed by atoms with Crippen LogP contribution in [0.3, 0.4) is 0 Å². The average molecular weight is 433 g/mol. The number of carbonyl (C=O) groups excluding carboxylic acids is 2. The highest BCUT2D eigenvalue weighted by Gasteiger charge is 2.37. The van der Waals surface area contributed by atoms with Gasteiger partial charge in [-0.3, -0.25) is 14.5 Å². The van der Waals surface area contributed by atoms with Gasteiger partial charge in [0.1, 0.15) is 5.78 Å². The smallest absolute Gasteiger partial charge is 0.226 e. The van der Waals surface area contributed by atoms with Crippen LogP contribution in [0, 0.1) is 11.8 Å². The summed E-state index contributed by atoms with van der Waals surface area (Å²) in [6.45, 7) is 10.9. The second-order valence-corrected chi connectivity index (χ2v) is 10.2. The third kappa shape index (κ3) is 5.64. The minimum absolute atomic E-state index is 0.205. The Bertz CT molecular complexity index is 746. The van der Waals surface area contributed by atoms with Gasteiger partial charge in [0.05, 0.1) is 0 Å². The maximum atomic E-state index is 13.0. The highest BCUT2D eigenvalue weighted by molar-refractivity contribution is 6.32. The molecule has 0 aromatic heterocycles. The molecule has 2 atom stereocenters. The number of rotatable bonds is 7. The largest absolute Gasteiger partial charge is 0.334 e. The Morgan fingerprint density at radius 3 is 2.27 bits per heavy atom. The molecule has 30 heavy (non-hydrogen) atoms. The van der Waals surface area contributed by atoms with Crippen LogP contribution in [-0.2, 0) is 22.6 Å². The monoisotopic (exact) mass is 432 g/mol. The first-order valence-electron chi connectivity index (χ1n) is 11.6. The first-order chi connectivity index (χ1) is 14.3. The van der Waals surface area contributed by atoms with Crippen LogP contribution in [0.15, 0.2) is 18.2 Å². The molecule has 4 nitrogen and oxygen atoms in total. The van der Waals surface area contributed by atoms with Gasteiger partial charge in [-0.1, -0.05) is 56.5 Å². The Balaban J connectivity index is 1.64. The van der Waals surface area contributed by atoms with E-state index in [0.29, 0.717) is 24.7 Å². The second-order valence-electron chi connectivity index (χ2n) is 9.82. The predicted octanol–water partition coefficient (Wildman–Crippen LogP) is 5.11. The lowest BCUT2D eigenvalue weighted by Crippen LogP contribution is -2.59. The number of nitrogens with zero attached hydrogens (tertiary/aromatic N) is 2. The van der Waals surface area contributed by atoms with Crippen LogP contribution in [0.1, 0.15) is 70.9 Å². The number of amides is 1. The summed E-state index contributed by atoms with van der Waals surface area (Å²) in [6, 6.07) is 6.44. The van der Waals surface area contributed by atoms with E-state index in [1.54, 1.807) is 0 Å². The maximum Gasteiger partial charge on any atom is 0.226 e. The quantitative estimate of drug-likeness (QED) is 0.601. The molecule has 1 aliphatic heterocycles. The van der Waals surface area contributed by atoms with Gasteiger partial charge in [-0.2, -0.15) is 0 Å². The van der Waals surface area contributed by atoms with Gasteiger partial charge in [-0.15, -0.1) is 0 Å². The summed E-state index contributed by atoms with van der Waals surface area (Å²) in [5, 5.41) is 0.722. The van der Waals surface area contributed by atoms with Crippen molar-refractivity contribution in [2.75, 3.05) is 13.1 Å². The fourth-order valence-corrected chi connectivity index (χ4v) is 5.50. The van der Waals surface area contributed by atoms with Crippen molar-refractivity contribution in [3.8, 4) is 0 Å². The number of hydrogen-bond donors (Lipinski definition) is 0. The zero-order valence-corrected chi connectivity index (χ0v) is 19.8. The summed E-state index contributed by atoms with van der Waals surface area (Å²) in [5.41, 5.74) is 2.00. The van der Waals surface area contributed by atoms with Gasteiger partial charge in [-0.05, 0) is 43.7 Å². The molecule has 2 fully saturated rings. The summed E-state index contributed by atoms with van der Waals surface area (Å²) < 4.78 is 0. The molecule has 166 valence electrons. The van der Waals surface area contributed by atoms with E-state index in [9.17, 15) is 9.59 Å². The molecular weight excluding hydrogens is 396 g/mol. The number of benzene rings is 1. The van der Waals surface area contributed by atoms with Crippen LogP contribution in [0.4, 0.5) is 0 Å². The molecule has 0 unspecified atom stereocenters. The number of carbonyl (C=O) groups is 2. The van der Waals surface area contributed by atoms with Gasteiger partial charge in [0.15, 0.2) is 0 Å². The summed E-state index contributed by atoms with van der Waals surface area (Å²) >= 11 is 6.70. The minimum Gasteiger partial charge on any atom is -0.334 e. The van der Waals surface area contributed by atoms with Crippen LogP contribution >= 0.6 is 11.6 Å². The normalized spacial score (nSPS) is 23.3. The lowest BCUT2D eigenvalue weighted by Gasteiger charge is -2.45. The third-order valence-corrected chi connectivity index (χ3v) is 7.02. The van der Waals surface area contributed by atoms with E-state index in [-0.39, 0.29) is 23.8 Å². The van der Waals surface area contributed by atoms with Gasteiger partial charge in [-0.25, -0.2) is 0 Å². The van der Waals surface area contributed by atoms with Gasteiger partial charge in [0, 0.05) is 55.5 Å². The van der Waals surface area contributed by atoms with E-state index in [4.69, 9.17) is 11.6 Å². The molecule has 1 aromatic rings. The predicted molar refractivity (Wildman–Crippen MR) is 123 cm³/mol. The second kappa shape index (κ2) is 10.3. The van der Waals surface area contributed by atoms with Gasteiger partial charge >= 0.3 is 0 Å². The SMILES string of the molecule is CC(C)CC(=O)Cc1cccc(CN2C[C@@H](C)N(C(=O)C3CCCC3)[C@@H](C)C2)c1Cl. The molecule has 0 spiro atoms. The van der Waals surface area contributed by atoms with E-state index < -0.39 is 0 Å². The fourth-order valence-electron chi connectivity index (χ4n) is 5.25.